The van der Waals surface area contributed by atoms with Gasteiger partial charge in [-0.2, -0.15) is 0 Å². The molecule has 0 radical (unpaired) electrons. The van der Waals surface area contributed by atoms with Crippen LogP contribution in [0, 0.1) is 11.6 Å². The molecule has 0 aliphatic carbocycles. The fourth-order valence-corrected chi connectivity index (χ4v) is 2.77. The lowest BCUT2D eigenvalue weighted by Crippen LogP contribution is -2.24. The molecule has 6 nitrogen and oxygen atoms in total. The SMILES string of the molecule is CNC(=O)Nc1cccc(NS(=O)(=O)c2ccc(F)c(F)c2)c1. The van der Waals surface area contributed by atoms with E-state index >= 15 is 0 Å². The number of hydrogen-bond acceptors (Lipinski definition) is 3. The lowest BCUT2D eigenvalue weighted by Gasteiger charge is -2.10. The monoisotopic (exact) mass is 341 g/mol. The quantitative estimate of drug-likeness (QED) is 0.798. The molecule has 2 aromatic carbocycles. The van der Waals surface area contributed by atoms with E-state index in [9.17, 15) is 22.0 Å². The number of sulfonamides is 1. The molecule has 0 unspecified atom stereocenters. The Bertz CT molecular complexity index is 841. The molecule has 0 fully saturated rings. The third-order valence-electron chi connectivity index (χ3n) is 2.80. The molecule has 2 amide bonds. The number of nitrogens with one attached hydrogen (secondary N) is 3. The van der Waals surface area contributed by atoms with Gasteiger partial charge in [0.05, 0.1) is 10.6 Å². The van der Waals surface area contributed by atoms with E-state index in [0.717, 1.165) is 12.1 Å². The first-order chi connectivity index (χ1) is 10.8. The molecule has 0 aromatic heterocycles. The van der Waals surface area contributed by atoms with Crippen molar-refractivity contribution in [2.75, 3.05) is 17.1 Å². The zero-order valence-corrected chi connectivity index (χ0v) is 12.7. The van der Waals surface area contributed by atoms with Crippen LogP contribution in [0.1, 0.15) is 0 Å². The molecule has 0 saturated carbocycles. The van der Waals surface area contributed by atoms with Gasteiger partial charge in [0.15, 0.2) is 11.6 Å². The highest BCUT2D eigenvalue weighted by Gasteiger charge is 2.17. The highest BCUT2D eigenvalue weighted by atomic mass is 32.2. The van der Waals surface area contributed by atoms with Crippen molar-refractivity contribution < 1.29 is 22.0 Å². The molecule has 2 rings (SSSR count). The number of carbonyl (C=O) groups excluding carboxylic acids is 1. The lowest BCUT2D eigenvalue weighted by molar-refractivity contribution is 0.254. The first-order valence-electron chi connectivity index (χ1n) is 6.38. The number of benzene rings is 2. The highest BCUT2D eigenvalue weighted by Crippen LogP contribution is 2.20. The Balaban J connectivity index is 2.25. The van der Waals surface area contributed by atoms with Crippen molar-refractivity contribution in [2.24, 2.45) is 0 Å². The fraction of sp³-hybridized carbons (Fsp3) is 0.0714. The summed E-state index contributed by atoms with van der Waals surface area (Å²) in [6, 6.07) is 7.72. The highest BCUT2D eigenvalue weighted by molar-refractivity contribution is 7.92. The van der Waals surface area contributed by atoms with Crippen molar-refractivity contribution in [3.8, 4) is 0 Å². The summed E-state index contributed by atoms with van der Waals surface area (Å²) in [5, 5.41) is 4.83. The van der Waals surface area contributed by atoms with Crippen molar-refractivity contribution in [3.05, 3.63) is 54.1 Å². The number of carbonyl (C=O) groups is 1. The second kappa shape index (κ2) is 6.61. The maximum atomic E-state index is 13.2. The van der Waals surface area contributed by atoms with Crippen molar-refractivity contribution >= 4 is 27.4 Å². The Morgan fingerprint density at radius 1 is 1.00 bits per heavy atom. The van der Waals surface area contributed by atoms with Gasteiger partial charge < -0.3 is 10.6 Å². The van der Waals surface area contributed by atoms with E-state index in [-0.39, 0.29) is 5.69 Å². The average Bonchev–Trinajstić information content (AvgIpc) is 2.49. The number of halogens is 2. The average molecular weight is 341 g/mol. The zero-order valence-electron chi connectivity index (χ0n) is 11.9. The van der Waals surface area contributed by atoms with Gasteiger partial charge >= 0.3 is 6.03 Å². The number of urea groups is 1. The molecule has 0 bridgehead atoms. The summed E-state index contributed by atoms with van der Waals surface area (Å²) in [7, 11) is -2.65. The number of hydrogen-bond donors (Lipinski definition) is 3. The van der Waals surface area contributed by atoms with Gasteiger partial charge in [-0.05, 0) is 36.4 Å². The standard InChI is InChI=1S/C14H13F2N3O3S/c1-17-14(20)18-9-3-2-4-10(7-9)19-23(21,22)11-5-6-12(15)13(16)8-11/h2-8,19H,1H3,(H2,17,18,20). The first kappa shape index (κ1) is 16.7. The fourth-order valence-electron chi connectivity index (χ4n) is 1.71. The van der Waals surface area contributed by atoms with Crippen molar-refractivity contribution in [2.45, 2.75) is 4.90 Å². The van der Waals surface area contributed by atoms with Crippen LogP contribution in [0.4, 0.5) is 25.0 Å². The lowest BCUT2D eigenvalue weighted by atomic mass is 10.3. The molecule has 0 aliphatic rings. The normalized spacial score (nSPS) is 10.9. The second-order valence-electron chi connectivity index (χ2n) is 4.47. The smallest absolute Gasteiger partial charge is 0.318 e. The summed E-state index contributed by atoms with van der Waals surface area (Å²) in [6.07, 6.45) is 0. The molecular formula is C14H13F2N3O3S. The third-order valence-corrected chi connectivity index (χ3v) is 4.18. The van der Waals surface area contributed by atoms with Gasteiger partial charge in [0.1, 0.15) is 0 Å². The van der Waals surface area contributed by atoms with E-state index in [1.165, 1.54) is 25.2 Å². The summed E-state index contributed by atoms with van der Waals surface area (Å²) in [5.41, 5.74) is 0.512. The topological polar surface area (TPSA) is 87.3 Å². The van der Waals surface area contributed by atoms with Crippen LogP contribution in [0.2, 0.25) is 0 Å². The molecule has 0 aliphatic heterocycles. The third kappa shape index (κ3) is 4.16. The van der Waals surface area contributed by atoms with Crippen LogP contribution in [-0.2, 0) is 10.0 Å². The molecule has 0 spiro atoms. The predicted octanol–water partition coefficient (Wildman–Crippen LogP) is 2.52. The number of amides is 2. The largest absolute Gasteiger partial charge is 0.341 e. The van der Waals surface area contributed by atoms with E-state index in [4.69, 9.17) is 0 Å². The molecule has 2 aromatic rings. The molecule has 23 heavy (non-hydrogen) atoms. The molecular weight excluding hydrogens is 328 g/mol. The van der Waals surface area contributed by atoms with Crippen LogP contribution in [0.15, 0.2) is 47.4 Å². The predicted molar refractivity (Wildman–Crippen MR) is 81.7 cm³/mol. The van der Waals surface area contributed by atoms with Crippen LogP contribution in [0.25, 0.3) is 0 Å². The van der Waals surface area contributed by atoms with Gasteiger partial charge in [-0.1, -0.05) is 6.07 Å². The Hall–Kier alpha value is -2.68. The van der Waals surface area contributed by atoms with Gasteiger partial charge in [0.2, 0.25) is 0 Å². The van der Waals surface area contributed by atoms with Crippen molar-refractivity contribution in [3.63, 3.8) is 0 Å². The summed E-state index contributed by atoms with van der Waals surface area (Å²) in [4.78, 5) is 10.8. The maximum absolute atomic E-state index is 13.2. The van der Waals surface area contributed by atoms with Crippen LogP contribution >= 0.6 is 0 Å². The molecule has 122 valence electrons. The summed E-state index contributed by atoms with van der Waals surface area (Å²) >= 11 is 0. The number of rotatable bonds is 4. The van der Waals surface area contributed by atoms with E-state index in [0.29, 0.717) is 11.8 Å². The molecule has 0 heterocycles. The Labute approximate surface area is 131 Å². The van der Waals surface area contributed by atoms with Crippen LogP contribution in [0.3, 0.4) is 0 Å². The van der Waals surface area contributed by atoms with Crippen molar-refractivity contribution in [1.82, 2.24) is 5.32 Å². The van der Waals surface area contributed by atoms with Crippen LogP contribution in [-0.4, -0.2) is 21.5 Å². The molecule has 9 heteroatoms. The first-order valence-corrected chi connectivity index (χ1v) is 7.87. The summed E-state index contributed by atoms with van der Waals surface area (Å²) in [6.45, 7) is 0. The minimum Gasteiger partial charge on any atom is -0.341 e. The maximum Gasteiger partial charge on any atom is 0.318 e. The van der Waals surface area contributed by atoms with Crippen LogP contribution < -0.4 is 15.4 Å². The summed E-state index contributed by atoms with van der Waals surface area (Å²) < 4.78 is 52.6. The second-order valence-corrected chi connectivity index (χ2v) is 6.15. The molecule has 0 saturated heterocycles. The van der Waals surface area contributed by atoms with E-state index in [2.05, 4.69) is 15.4 Å². The zero-order chi connectivity index (χ0) is 17.0. The van der Waals surface area contributed by atoms with Gasteiger partial charge in [0.25, 0.3) is 10.0 Å². The Morgan fingerprint density at radius 3 is 2.35 bits per heavy atom. The minimum absolute atomic E-state index is 0.156. The van der Waals surface area contributed by atoms with E-state index in [1.54, 1.807) is 6.07 Å². The summed E-state index contributed by atoms with van der Waals surface area (Å²) in [5.74, 6) is -2.40. The van der Waals surface area contributed by atoms with E-state index < -0.39 is 32.6 Å². The number of anilines is 2. The van der Waals surface area contributed by atoms with E-state index in [1.807, 2.05) is 0 Å². The van der Waals surface area contributed by atoms with Gasteiger partial charge in [-0.15, -0.1) is 0 Å². The molecule has 3 N–H and O–H groups in total. The van der Waals surface area contributed by atoms with Gasteiger partial charge in [-0.3, -0.25) is 4.72 Å². The van der Waals surface area contributed by atoms with Crippen molar-refractivity contribution in [1.29, 1.82) is 0 Å². The Morgan fingerprint density at radius 2 is 1.70 bits per heavy atom. The van der Waals surface area contributed by atoms with Crippen LogP contribution in [0.5, 0.6) is 0 Å². The minimum atomic E-state index is -4.09. The molecule has 0 atom stereocenters. The van der Waals surface area contributed by atoms with Gasteiger partial charge in [-0.25, -0.2) is 22.0 Å². The van der Waals surface area contributed by atoms with Gasteiger partial charge in [0, 0.05) is 12.7 Å². The Kier molecular flexibility index (Phi) is 4.80.